The first-order valence-corrected chi connectivity index (χ1v) is 7.41. The lowest BCUT2D eigenvalue weighted by molar-refractivity contribution is -0.137. The summed E-state index contributed by atoms with van der Waals surface area (Å²) in [5.41, 5.74) is 0.841. The Morgan fingerprint density at radius 3 is 3.11 bits per heavy atom. The Hall–Kier alpha value is -1.31. The SMILES string of the molecule is COC(=O)CSc1nnc(Nc2cccc(Cl)c2)s1. The molecule has 5 nitrogen and oxygen atoms in total. The quantitative estimate of drug-likeness (QED) is 0.675. The molecule has 0 spiro atoms. The molecule has 2 aromatic rings. The molecule has 0 amide bonds. The molecule has 0 bridgehead atoms. The van der Waals surface area contributed by atoms with Crippen molar-refractivity contribution in [2.75, 3.05) is 18.2 Å². The van der Waals surface area contributed by atoms with E-state index >= 15 is 0 Å². The number of nitrogens with one attached hydrogen (secondary N) is 1. The number of rotatable bonds is 5. The fourth-order valence-electron chi connectivity index (χ4n) is 1.19. The summed E-state index contributed by atoms with van der Waals surface area (Å²) in [6.07, 6.45) is 0. The smallest absolute Gasteiger partial charge is 0.316 e. The molecule has 0 aliphatic heterocycles. The number of methoxy groups -OCH3 is 1. The molecule has 1 heterocycles. The minimum absolute atomic E-state index is 0.225. The first-order valence-electron chi connectivity index (χ1n) is 5.23. The summed E-state index contributed by atoms with van der Waals surface area (Å²) in [5, 5.41) is 12.3. The maximum absolute atomic E-state index is 11.0. The molecule has 2 rings (SSSR count). The highest BCUT2D eigenvalue weighted by Crippen LogP contribution is 2.28. The lowest BCUT2D eigenvalue weighted by Crippen LogP contribution is -2.02. The average Bonchev–Trinajstić information content (AvgIpc) is 2.83. The second kappa shape index (κ2) is 6.74. The molecule has 0 aliphatic carbocycles. The molecule has 0 unspecified atom stereocenters. The van der Waals surface area contributed by atoms with E-state index in [0.29, 0.717) is 14.5 Å². The fraction of sp³-hybridized carbons (Fsp3) is 0.182. The number of hydrogen-bond donors (Lipinski definition) is 1. The lowest BCUT2D eigenvalue weighted by Gasteiger charge is -2.01. The van der Waals surface area contributed by atoms with Crippen LogP contribution in [0.15, 0.2) is 28.6 Å². The minimum atomic E-state index is -0.287. The van der Waals surface area contributed by atoms with Gasteiger partial charge in [-0.3, -0.25) is 4.79 Å². The molecule has 0 saturated heterocycles. The number of carbonyl (C=O) groups excluding carboxylic acids is 1. The van der Waals surface area contributed by atoms with Crippen molar-refractivity contribution in [3.8, 4) is 0 Å². The molecule has 1 aromatic heterocycles. The molecule has 19 heavy (non-hydrogen) atoms. The van der Waals surface area contributed by atoms with Gasteiger partial charge in [-0.1, -0.05) is 40.8 Å². The summed E-state index contributed by atoms with van der Waals surface area (Å²) in [7, 11) is 1.36. The predicted molar refractivity (Wildman–Crippen MR) is 77.4 cm³/mol. The largest absolute Gasteiger partial charge is 0.468 e. The highest BCUT2D eigenvalue weighted by molar-refractivity contribution is 8.01. The van der Waals surface area contributed by atoms with Crippen molar-refractivity contribution >= 4 is 51.5 Å². The van der Waals surface area contributed by atoms with Crippen molar-refractivity contribution in [1.29, 1.82) is 0 Å². The molecule has 8 heteroatoms. The summed E-state index contributed by atoms with van der Waals surface area (Å²) >= 11 is 8.55. The van der Waals surface area contributed by atoms with Crippen LogP contribution in [0.25, 0.3) is 0 Å². The monoisotopic (exact) mass is 315 g/mol. The minimum Gasteiger partial charge on any atom is -0.468 e. The summed E-state index contributed by atoms with van der Waals surface area (Å²) < 4.78 is 5.26. The van der Waals surface area contributed by atoms with Gasteiger partial charge in [0.1, 0.15) is 0 Å². The summed E-state index contributed by atoms with van der Waals surface area (Å²) in [6.45, 7) is 0. The molecule has 100 valence electrons. The van der Waals surface area contributed by atoms with Crippen LogP contribution in [-0.4, -0.2) is 29.0 Å². The Morgan fingerprint density at radius 2 is 2.37 bits per heavy atom. The molecular formula is C11H10ClN3O2S2. The van der Waals surface area contributed by atoms with Gasteiger partial charge in [-0.25, -0.2) is 0 Å². The van der Waals surface area contributed by atoms with Crippen LogP contribution in [-0.2, 0) is 9.53 Å². The maximum atomic E-state index is 11.0. The summed E-state index contributed by atoms with van der Waals surface area (Å²) in [4.78, 5) is 11.0. The number of thioether (sulfide) groups is 1. The number of esters is 1. The van der Waals surface area contributed by atoms with Gasteiger partial charge in [0.2, 0.25) is 5.13 Å². The van der Waals surface area contributed by atoms with Crippen molar-refractivity contribution in [1.82, 2.24) is 10.2 Å². The van der Waals surface area contributed by atoms with Gasteiger partial charge in [-0.2, -0.15) is 0 Å². The maximum Gasteiger partial charge on any atom is 0.316 e. The van der Waals surface area contributed by atoms with Crippen molar-refractivity contribution in [2.24, 2.45) is 0 Å². The van der Waals surface area contributed by atoms with E-state index in [1.807, 2.05) is 12.1 Å². The Balaban J connectivity index is 1.95. The van der Waals surface area contributed by atoms with Crippen LogP contribution in [0.2, 0.25) is 5.02 Å². The van der Waals surface area contributed by atoms with Crippen LogP contribution < -0.4 is 5.32 Å². The Kier molecular flexibility index (Phi) is 5.00. The van der Waals surface area contributed by atoms with E-state index in [-0.39, 0.29) is 11.7 Å². The molecular weight excluding hydrogens is 306 g/mol. The number of anilines is 2. The zero-order valence-corrected chi connectivity index (χ0v) is 12.3. The number of aromatic nitrogens is 2. The van der Waals surface area contributed by atoms with E-state index in [9.17, 15) is 4.79 Å². The molecule has 0 aliphatic rings. The van der Waals surface area contributed by atoms with Crippen molar-refractivity contribution in [3.63, 3.8) is 0 Å². The van der Waals surface area contributed by atoms with Gasteiger partial charge in [0.15, 0.2) is 4.34 Å². The predicted octanol–water partition coefficient (Wildman–Crippen LogP) is 3.20. The number of hydrogen-bond acceptors (Lipinski definition) is 7. The van der Waals surface area contributed by atoms with E-state index in [1.165, 1.54) is 30.2 Å². The standard InChI is InChI=1S/C11H10ClN3O2S2/c1-17-9(16)6-18-11-15-14-10(19-11)13-8-4-2-3-7(12)5-8/h2-5H,6H2,1H3,(H,13,14). The number of halogens is 1. The number of carbonyl (C=O) groups is 1. The third-order valence-corrected chi connectivity index (χ3v) is 4.20. The van der Waals surface area contributed by atoms with E-state index in [4.69, 9.17) is 11.6 Å². The van der Waals surface area contributed by atoms with Gasteiger partial charge >= 0.3 is 5.97 Å². The number of benzene rings is 1. The second-order valence-corrected chi connectivity index (χ2v) is 6.01. The third kappa shape index (κ3) is 4.38. The Morgan fingerprint density at radius 1 is 1.53 bits per heavy atom. The number of nitrogens with zero attached hydrogens (tertiary/aromatic N) is 2. The third-order valence-electron chi connectivity index (χ3n) is 2.02. The van der Waals surface area contributed by atoms with E-state index in [1.54, 1.807) is 12.1 Å². The van der Waals surface area contributed by atoms with Crippen LogP contribution in [0.4, 0.5) is 10.8 Å². The Labute approximate surface area is 123 Å². The zero-order valence-electron chi connectivity index (χ0n) is 9.92. The van der Waals surface area contributed by atoms with E-state index in [0.717, 1.165) is 5.69 Å². The second-order valence-electron chi connectivity index (χ2n) is 3.37. The summed E-state index contributed by atoms with van der Waals surface area (Å²) in [5.74, 6) is -0.0630. The van der Waals surface area contributed by atoms with Gasteiger partial charge in [0.25, 0.3) is 0 Å². The van der Waals surface area contributed by atoms with Gasteiger partial charge in [-0.15, -0.1) is 10.2 Å². The van der Waals surface area contributed by atoms with Crippen molar-refractivity contribution in [3.05, 3.63) is 29.3 Å². The Bertz CT molecular complexity index is 577. The highest BCUT2D eigenvalue weighted by Gasteiger charge is 2.08. The van der Waals surface area contributed by atoms with Crippen molar-refractivity contribution < 1.29 is 9.53 Å². The highest BCUT2D eigenvalue weighted by atomic mass is 35.5. The molecule has 1 N–H and O–H groups in total. The van der Waals surface area contributed by atoms with Gasteiger partial charge < -0.3 is 10.1 Å². The fourth-order valence-corrected chi connectivity index (χ4v) is 2.98. The molecule has 0 saturated carbocycles. The molecule has 0 radical (unpaired) electrons. The first kappa shape index (κ1) is 14.1. The van der Waals surface area contributed by atoms with Gasteiger partial charge in [0.05, 0.1) is 12.9 Å². The normalized spacial score (nSPS) is 10.2. The van der Waals surface area contributed by atoms with Gasteiger partial charge in [0, 0.05) is 10.7 Å². The van der Waals surface area contributed by atoms with E-state index in [2.05, 4.69) is 20.3 Å². The van der Waals surface area contributed by atoms with Crippen molar-refractivity contribution in [2.45, 2.75) is 4.34 Å². The number of ether oxygens (including phenoxy) is 1. The molecule has 0 fully saturated rings. The van der Waals surface area contributed by atoms with Crippen LogP contribution in [0, 0.1) is 0 Å². The van der Waals surface area contributed by atoms with Crippen LogP contribution >= 0.6 is 34.7 Å². The zero-order chi connectivity index (χ0) is 13.7. The van der Waals surface area contributed by atoms with Crippen LogP contribution in [0.3, 0.4) is 0 Å². The molecule has 0 atom stereocenters. The average molecular weight is 316 g/mol. The molecule has 1 aromatic carbocycles. The topological polar surface area (TPSA) is 64.1 Å². The first-order chi connectivity index (χ1) is 9.17. The van der Waals surface area contributed by atoms with Crippen LogP contribution in [0.5, 0.6) is 0 Å². The summed E-state index contributed by atoms with van der Waals surface area (Å²) in [6, 6.07) is 7.32. The van der Waals surface area contributed by atoms with Gasteiger partial charge in [-0.05, 0) is 18.2 Å². The van der Waals surface area contributed by atoms with E-state index < -0.39 is 0 Å². The lowest BCUT2D eigenvalue weighted by atomic mass is 10.3. The van der Waals surface area contributed by atoms with Crippen LogP contribution in [0.1, 0.15) is 0 Å².